The van der Waals surface area contributed by atoms with Gasteiger partial charge in [0, 0.05) is 4.88 Å². The fourth-order valence-electron chi connectivity index (χ4n) is 2.99. The zero-order chi connectivity index (χ0) is 16.0. The molecule has 3 heterocycles. The Morgan fingerprint density at radius 1 is 1.26 bits per heavy atom. The summed E-state index contributed by atoms with van der Waals surface area (Å²) in [5, 5.41) is 0.712. The van der Waals surface area contributed by atoms with Crippen molar-refractivity contribution in [3.8, 4) is 0 Å². The summed E-state index contributed by atoms with van der Waals surface area (Å²) in [6.07, 6.45) is 5.73. The molecule has 0 aliphatic heterocycles. The molecule has 0 unspecified atom stereocenters. The van der Waals surface area contributed by atoms with E-state index in [4.69, 9.17) is 11.6 Å². The van der Waals surface area contributed by atoms with Crippen molar-refractivity contribution in [3.05, 3.63) is 48.5 Å². The van der Waals surface area contributed by atoms with Crippen molar-refractivity contribution in [2.24, 2.45) is 0 Å². The van der Waals surface area contributed by atoms with Gasteiger partial charge in [-0.05, 0) is 43.4 Å². The zero-order valence-corrected chi connectivity index (χ0v) is 14.6. The molecular weight excluding hydrogens is 352 g/mol. The van der Waals surface area contributed by atoms with Crippen LogP contribution in [0.4, 0.5) is 0 Å². The van der Waals surface area contributed by atoms with Gasteiger partial charge >= 0.3 is 0 Å². The predicted octanol–water partition coefficient (Wildman–Crippen LogP) is 3.93. The van der Waals surface area contributed by atoms with E-state index in [1.807, 2.05) is 0 Å². The zero-order valence-electron chi connectivity index (χ0n) is 12.2. The van der Waals surface area contributed by atoms with Crippen LogP contribution in [-0.4, -0.2) is 15.3 Å². The largest absolute Gasteiger partial charge is 0.291 e. The molecule has 0 fully saturated rings. The lowest BCUT2D eigenvalue weighted by atomic mass is 9.97. The topological polar surface area (TPSA) is 52.0 Å². The van der Waals surface area contributed by atoms with Crippen molar-refractivity contribution in [3.63, 3.8) is 0 Å². The Kier molecular flexibility index (Phi) is 3.83. The standard InChI is InChI=1S/C16H13ClN2O2S2/c17-13-6-5-12(22-13)10(20)7-19-8-18-15-14(16(19)21)9-3-1-2-4-11(9)23-15/h5-6,8H,1-4,7H2. The Bertz CT molecular complexity index is 970. The van der Waals surface area contributed by atoms with Crippen LogP contribution >= 0.6 is 34.3 Å². The second kappa shape index (κ2) is 5.85. The monoisotopic (exact) mass is 364 g/mol. The molecule has 118 valence electrons. The van der Waals surface area contributed by atoms with E-state index in [2.05, 4.69) is 4.98 Å². The molecule has 1 aliphatic carbocycles. The average molecular weight is 365 g/mol. The van der Waals surface area contributed by atoms with Crippen LogP contribution in [-0.2, 0) is 19.4 Å². The summed E-state index contributed by atoms with van der Waals surface area (Å²) in [6, 6.07) is 3.39. The third-order valence-corrected chi connectivity index (χ3v) is 6.58. The highest BCUT2D eigenvalue weighted by atomic mass is 35.5. The maximum Gasteiger partial charge on any atom is 0.262 e. The molecule has 0 aromatic carbocycles. The predicted molar refractivity (Wildman–Crippen MR) is 94.2 cm³/mol. The number of hydrogen-bond donors (Lipinski definition) is 0. The first-order valence-corrected chi connectivity index (χ1v) is 9.43. The number of hydrogen-bond acceptors (Lipinski definition) is 5. The molecule has 23 heavy (non-hydrogen) atoms. The number of aryl methyl sites for hydroxylation is 2. The van der Waals surface area contributed by atoms with E-state index in [1.165, 1.54) is 33.5 Å². The summed E-state index contributed by atoms with van der Waals surface area (Å²) in [5.41, 5.74) is 1.04. The molecule has 0 bridgehead atoms. The first-order chi connectivity index (χ1) is 11.1. The number of ketones is 1. The number of nitrogens with zero attached hydrogens (tertiary/aromatic N) is 2. The quantitative estimate of drug-likeness (QED) is 0.661. The second-order valence-electron chi connectivity index (χ2n) is 5.60. The van der Waals surface area contributed by atoms with Gasteiger partial charge in [-0.2, -0.15) is 0 Å². The van der Waals surface area contributed by atoms with Gasteiger partial charge in [0.2, 0.25) is 0 Å². The van der Waals surface area contributed by atoms with E-state index < -0.39 is 0 Å². The minimum atomic E-state index is -0.116. The van der Waals surface area contributed by atoms with Gasteiger partial charge in [0.05, 0.1) is 27.5 Å². The van der Waals surface area contributed by atoms with Crippen molar-refractivity contribution in [1.82, 2.24) is 9.55 Å². The Labute approximate surface area is 145 Å². The second-order valence-corrected chi connectivity index (χ2v) is 8.39. The highest BCUT2D eigenvalue weighted by molar-refractivity contribution is 7.19. The fourth-order valence-corrected chi connectivity index (χ4v) is 5.18. The molecule has 0 amide bonds. The van der Waals surface area contributed by atoms with Crippen molar-refractivity contribution in [2.45, 2.75) is 32.2 Å². The van der Waals surface area contributed by atoms with Gasteiger partial charge in [0.1, 0.15) is 4.83 Å². The molecule has 4 nitrogen and oxygen atoms in total. The minimum absolute atomic E-state index is 0.00321. The maximum absolute atomic E-state index is 12.8. The number of carbonyl (C=O) groups excluding carboxylic acids is 1. The van der Waals surface area contributed by atoms with Crippen molar-refractivity contribution in [2.75, 3.05) is 0 Å². The van der Waals surface area contributed by atoms with Crippen LogP contribution in [0.15, 0.2) is 23.3 Å². The molecule has 0 saturated heterocycles. The number of thiophene rings is 2. The Morgan fingerprint density at radius 3 is 2.87 bits per heavy atom. The smallest absolute Gasteiger partial charge is 0.262 e. The number of halogens is 1. The highest BCUT2D eigenvalue weighted by Crippen LogP contribution is 2.33. The summed E-state index contributed by atoms with van der Waals surface area (Å²) >= 11 is 8.72. The van der Waals surface area contributed by atoms with E-state index >= 15 is 0 Å². The molecule has 3 aromatic rings. The summed E-state index contributed by atoms with van der Waals surface area (Å²) < 4.78 is 1.99. The molecule has 7 heteroatoms. The minimum Gasteiger partial charge on any atom is -0.291 e. The number of rotatable bonds is 3. The maximum atomic E-state index is 12.8. The van der Waals surface area contributed by atoms with E-state index in [0.29, 0.717) is 14.6 Å². The Balaban J connectivity index is 1.75. The Hall–Kier alpha value is -1.50. The molecule has 3 aromatic heterocycles. The number of aromatic nitrogens is 2. The van der Waals surface area contributed by atoms with Crippen molar-refractivity contribution >= 4 is 50.3 Å². The van der Waals surface area contributed by atoms with Crippen LogP contribution in [0.25, 0.3) is 10.2 Å². The van der Waals surface area contributed by atoms with Gasteiger partial charge in [-0.3, -0.25) is 14.2 Å². The number of carbonyl (C=O) groups is 1. The van der Waals surface area contributed by atoms with Gasteiger partial charge in [0.15, 0.2) is 5.78 Å². The third kappa shape index (κ3) is 2.65. The molecule has 0 radical (unpaired) electrons. The van der Waals surface area contributed by atoms with Gasteiger partial charge in [-0.15, -0.1) is 22.7 Å². The van der Waals surface area contributed by atoms with Crippen LogP contribution in [0.1, 0.15) is 33.0 Å². The van der Waals surface area contributed by atoms with Crippen LogP contribution in [0.2, 0.25) is 4.34 Å². The van der Waals surface area contributed by atoms with Gasteiger partial charge < -0.3 is 0 Å². The lowest BCUT2D eigenvalue weighted by molar-refractivity contribution is 0.0974. The van der Waals surface area contributed by atoms with Crippen molar-refractivity contribution < 1.29 is 4.79 Å². The lowest BCUT2D eigenvalue weighted by Gasteiger charge is -2.10. The normalized spacial score (nSPS) is 14.1. The molecule has 0 atom stereocenters. The van der Waals surface area contributed by atoms with E-state index in [9.17, 15) is 9.59 Å². The van der Waals surface area contributed by atoms with E-state index in [0.717, 1.165) is 29.7 Å². The number of Topliss-reactive ketones (excluding diaryl/α,β-unsaturated/α-hetero) is 1. The Morgan fingerprint density at radius 2 is 2.09 bits per heavy atom. The molecule has 0 N–H and O–H groups in total. The van der Waals surface area contributed by atoms with Crippen LogP contribution < -0.4 is 5.56 Å². The number of fused-ring (bicyclic) bond motifs is 3. The van der Waals surface area contributed by atoms with Crippen LogP contribution in [0, 0.1) is 0 Å². The summed E-state index contributed by atoms with van der Waals surface area (Å²) in [4.78, 5) is 32.1. The van der Waals surface area contributed by atoms with Gasteiger partial charge in [0.25, 0.3) is 5.56 Å². The van der Waals surface area contributed by atoms with E-state index in [1.54, 1.807) is 23.5 Å². The molecule has 1 aliphatic rings. The van der Waals surface area contributed by atoms with Gasteiger partial charge in [-0.1, -0.05) is 11.6 Å². The first-order valence-electron chi connectivity index (χ1n) is 7.41. The summed E-state index contributed by atoms with van der Waals surface area (Å²) in [6.45, 7) is 0.00321. The fraction of sp³-hybridized carbons (Fsp3) is 0.312. The lowest BCUT2D eigenvalue weighted by Crippen LogP contribution is -2.24. The molecular formula is C16H13ClN2O2S2. The summed E-state index contributed by atoms with van der Waals surface area (Å²) in [5.74, 6) is -0.116. The van der Waals surface area contributed by atoms with E-state index in [-0.39, 0.29) is 17.9 Å². The van der Waals surface area contributed by atoms with Crippen LogP contribution in [0.3, 0.4) is 0 Å². The van der Waals surface area contributed by atoms with Gasteiger partial charge in [-0.25, -0.2) is 4.98 Å². The highest BCUT2D eigenvalue weighted by Gasteiger charge is 2.20. The molecule has 0 saturated carbocycles. The third-order valence-electron chi connectivity index (χ3n) is 4.10. The van der Waals surface area contributed by atoms with Crippen molar-refractivity contribution in [1.29, 1.82) is 0 Å². The average Bonchev–Trinajstić information content (AvgIpc) is 3.13. The SMILES string of the molecule is O=C(Cn1cnc2sc3c(c2c1=O)CCCC3)c1ccc(Cl)s1. The first kappa shape index (κ1) is 15.1. The van der Waals surface area contributed by atoms with Crippen LogP contribution in [0.5, 0.6) is 0 Å². The molecule has 4 rings (SSSR count). The molecule has 0 spiro atoms. The summed E-state index contributed by atoms with van der Waals surface area (Å²) in [7, 11) is 0.